The number of carbonyl (C=O) groups is 1. The Balaban J connectivity index is 2.59. The third-order valence-electron chi connectivity index (χ3n) is 2.39. The first kappa shape index (κ1) is 10.4. The molecule has 5 heteroatoms. The summed E-state index contributed by atoms with van der Waals surface area (Å²) < 4.78 is 0. The Morgan fingerprint density at radius 3 is 2.60 bits per heavy atom. The van der Waals surface area contributed by atoms with Gasteiger partial charge in [-0.25, -0.2) is 14.8 Å². The maximum absolute atomic E-state index is 11.2. The van der Waals surface area contributed by atoms with E-state index in [4.69, 9.17) is 5.11 Å². The summed E-state index contributed by atoms with van der Waals surface area (Å²) in [4.78, 5) is 19.6. The van der Waals surface area contributed by atoms with Crippen LogP contribution in [0.5, 0.6) is 0 Å². The van der Waals surface area contributed by atoms with Crippen molar-refractivity contribution in [2.45, 2.75) is 30.7 Å². The SMILES string of the molecule is CSc1nc(C)nc(C2CC2)c1C(=O)O. The Morgan fingerprint density at radius 2 is 2.13 bits per heavy atom. The quantitative estimate of drug-likeness (QED) is 0.629. The Labute approximate surface area is 92.1 Å². The largest absolute Gasteiger partial charge is 0.478 e. The van der Waals surface area contributed by atoms with Crippen LogP contribution in [0.15, 0.2) is 5.03 Å². The summed E-state index contributed by atoms with van der Waals surface area (Å²) in [6, 6.07) is 0. The zero-order valence-electron chi connectivity index (χ0n) is 8.65. The molecule has 1 aromatic rings. The molecule has 2 rings (SSSR count). The second-order valence-corrected chi connectivity index (χ2v) is 4.41. The molecule has 15 heavy (non-hydrogen) atoms. The van der Waals surface area contributed by atoms with Crippen LogP contribution in [-0.4, -0.2) is 27.3 Å². The van der Waals surface area contributed by atoms with E-state index in [1.807, 2.05) is 6.26 Å². The first-order valence-electron chi connectivity index (χ1n) is 4.79. The third kappa shape index (κ3) is 1.97. The lowest BCUT2D eigenvalue weighted by Gasteiger charge is -2.08. The van der Waals surface area contributed by atoms with Gasteiger partial charge in [0.15, 0.2) is 0 Å². The fraction of sp³-hybridized carbons (Fsp3) is 0.500. The molecule has 1 heterocycles. The molecule has 0 saturated heterocycles. The van der Waals surface area contributed by atoms with Crippen molar-refractivity contribution in [1.82, 2.24) is 9.97 Å². The van der Waals surface area contributed by atoms with E-state index in [9.17, 15) is 4.79 Å². The fourth-order valence-electron chi connectivity index (χ4n) is 1.57. The second-order valence-electron chi connectivity index (χ2n) is 3.62. The van der Waals surface area contributed by atoms with Gasteiger partial charge in [-0.1, -0.05) is 0 Å². The van der Waals surface area contributed by atoms with Crippen LogP contribution in [0.25, 0.3) is 0 Å². The lowest BCUT2D eigenvalue weighted by atomic mass is 10.1. The Morgan fingerprint density at radius 1 is 1.47 bits per heavy atom. The van der Waals surface area contributed by atoms with Crippen LogP contribution in [0.4, 0.5) is 0 Å². The number of hydrogen-bond donors (Lipinski definition) is 1. The van der Waals surface area contributed by atoms with Gasteiger partial charge in [0.05, 0.1) is 5.69 Å². The van der Waals surface area contributed by atoms with E-state index in [2.05, 4.69) is 9.97 Å². The van der Waals surface area contributed by atoms with Crippen molar-refractivity contribution in [1.29, 1.82) is 0 Å². The molecule has 0 unspecified atom stereocenters. The molecule has 1 aliphatic rings. The lowest BCUT2D eigenvalue weighted by Crippen LogP contribution is -2.09. The van der Waals surface area contributed by atoms with Crippen molar-refractivity contribution in [3.05, 3.63) is 17.1 Å². The van der Waals surface area contributed by atoms with Crippen molar-refractivity contribution in [3.8, 4) is 0 Å². The standard InChI is InChI=1S/C10H12N2O2S/c1-5-11-8(6-3-4-6)7(10(13)14)9(12-5)15-2/h6H,3-4H2,1-2H3,(H,13,14). The number of thioether (sulfide) groups is 1. The highest BCUT2D eigenvalue weighted by molar-refractivity contribution is 7.98. The summed E-state index contributed by atoms with van der Waals surface area (Å²) in [5.74, 6) is 0.0798. The summed E-state index contributed by atoms with van der Waals surface area (Å²) in [6.07, 6.45) is 3.93. The molecule has 1 N–H and O–H groups in total. The molecule has 0 radical (unpaired) electrons. The van der Waals surface area contributed by atoms with Gasteiger partial charge >= 0.3 is 5.97 Å². The highest BCUT2D eigenvalue weighted by atomic mass is 32.2. The number of rotatable bonds is 3. The molecule has 1 aliphatic carbocycles. The molecule has 1 saturated carbocycles. The molecule has 1 fully saturated rings. The predicted molar refractivity (Wildman–Crippen MR) is 57.5 cm³/mol. The number of aryl methyl sites for hydroxylation is 1. The highest BCUT2D eigenvalue weighted by Gasteiger charge is 2.32. The normalized spacial score (nSPS) is 15.3. The van der Waals surface area contributed by atoms with Crippen LogP contribution in [-0.2, 0) is 0 Å². The first-order chi connectivity index (χ1) is 7.13. The van der Waals surface area contributed by atoms with Gasteiger partial charge in [-0.05, 0) is 26.0 Å². The van der Waals surface area contributed by atoms with Crippen LogP contribution in [0.3, 0.4) is 0 Å². The number of aromatic carboxylic acids is 1. The number of hydrogen-bond acceptors (Lipinski definition) is 4. The van der Waals surface area contributed by atoms with E-state index in [0.717, 1.165) is 18.5 Å². The average molecular weight is 224 g/mol. The zero-order chi connectivity index (χ0) is 11.0. The summed E-state index contributed by atoms with van der Waals surface area (Å²) in [5.41, 5.74) is 1.02. The molecular weight excluding hydrogens is 212 g/mol. The van der Waals surface area contributed by atoms with E-state index >= 15 is 0 Å². The van der Waals surface area contributed by atoms with Crippen LogP contribution in [0.2, 0.25) is 0 Å². The maximum atomic E-state index is 11.2. The van der Waals surface area contributed by atoms with Crippen molar-refractivity contribution in [3.63, 3.8) is 0 Å². The van der Waals surface area contributed by atoms with Gasteiger partial charge in [-0.2, -0.15) is 0 Å². The predicted octanol–water partition coefficient (Wildman–Crippen LogP) is 2.08. The van der Waals surface area contributed by atoms with Gasteiger partial charge in [0.2, 0.25) is 0 Å². The van der Waals surface area contributed by atoms with E-state index in [-0.39, 0.29) is 0 Å². The number of carboxylic acids is 1. The van der Waals surface area contributed by atoms with Gasteiger partial charge in [-0.15, -0.1) is 11.8 Å². The minimum atomic E-state index is -0.916. The second kappa shape index (κ2) is 3.81. The molecule has 0 aliphatic heterocycles. The molecule has 1 aromatic heterocycles. The minimum absolute atomic E-state index is 0.301. The van der Waals surface area contributed by atoms with E-state index < -0.39 is 5.97 Å². The molecule has 0 amide bonds. The topological polar surface area (TPSA) is 63.1 Å². The molecule has 0 spiro atoms. The first-order valence-corrected chi connectivity index (χ1v) is 6.01. The minimum Gasteiger partial charge on any atom is -0.478 e. The Hall–Kier alpha value is -1.10. The van der Waals surface area contributed by atoms with E-state index in [0.29, 0.717) is 22.3 Å². The lowest BCUT2D eigenvalue weighted by molar-refractivity contribution is 0.0690. The van der Waals surface area contributed by atoms with Crippen LogP contribution in [0.1, 0.15) is 40.6 Å². The van der Waals surface area contributed by atoms with Gasteiger partial charge < -0.3 is 5.11 Å². The van der Waals surface area contributed by atoms with Crippen molar-refractivity contribution in [2.75, 3.05) is 6.26 Å². The molecule has 0 atom stereocenters. The fourth-order valence-corrected chi connectivity index (χ4v) is 2.19. The van der Waals surface area contributed by atoms with E-state index in [1.54, 1.807) is 6.92 Å². The third-order valence-corrected chi connectivity index (χ3v) is 3.07. The van der Waals surface area contributed by atoms with Gasteiger partial charge in [0, 0.05) is 5.92 Å². The smallest absolute Gasteiger partial charge is 0.340 e. The van der Waals surface area contributed by atoms with E-state index in [1.165, 1.54) is 11.8 Å². The summed E-state index contributed by atoms with van der Waals surface area (Å²) in [5, 5.41) is 9.73. The Bertz CT molecular complexity index is 416. The van der Waals surface area contributed by atoms with Crippen LogP contribution in [0, 0.1) is 6.92 Å². The number of aromatic nitrogens is 2. The highest BCUT2D eigenvalue weighted by Crippen LogP contribution is 2.42. The van der Waals surface area contributed by atoms with Crippen molar-refractivity contribution < 1.29 is 9.90 Å². The number of nitrogens with zero attached hydrogens (tertiary/aromatic N) is 2. The monoisotopic (exact) mass is 224 g/mol. The van der Waals surface area contributed by atoms with Gasteiger partial charge in [0.1, 0.15) is 16.4 Å². The van der Waals surface area contributed by atoms with Gasteiger partial charge in [0.25, 0.3) is 0 Å². The molecule has 0 bridgehead atoms. The summed E-state index contributed by atoms with van der Waals surface area (Å²) in [6.45, 7) is 1.80. The molecular formula is C10H12N2O2S. The van der Waals surface area contributed by atoms with Crippen LogP contribution >= 0.6 is 11.8 Å². The zero-order valence-corrected chi connectivity index (χ0v) is 9.47. The molecule has 80 valence electrons. The van der Waals surface area contributed by atoms with Crippen LogP contribution < -0.4 is 0 Å². The Kier molecular flexibility index (Phi) is 2.65. The molecule has 4 nitrogen and oxygen atoms in total. The molecule has 0 aromatic carbocycles. The van der Waals surface area contributed by atoms with Crippen molar-refractivity contribution in [2.24, 2.45) is 0 Å². The average Bonchev–Trinajstić information content (AvgIpc) is 2.98. The van der Waals surface area contributed by atoms with Gasteiger partial charge in [-0.3, -0.25) is 0 Å². The number of carboxylic acid groups (broad SMARTS) is 1. The maximum Gasteiger partial charge on any atom is 0.340 e. The van der Waals surface area contributed by atoms with Crippen molar-refractivity contribution >= 4 is 17.7 Å². The summed E-state index contributed by atoms with van der Waals surface area (Å²) >= 11 is 1.37. The summed E-state index contributed by atoms with van der Waals surface area (Å²) in [7, 11) is 0.